The van der Waals surface area contributed by atoms with Crippen molar-refractivity contribution >= 4 is 15.7 Å². The molecule has 7 nitrogen and oxygen atoms in total. The van der Waals surface area contributed by atoms with Crippen molar-refractivity contribution in [2.24, 2.45) is 0 Å². The van der Waals surface area contributed by atoms with Crippen LogP contribution in [0.2, 0.25) is 0 Å². The number of halogens is 1. The molecule has 3 heterocycles. The van der Waals surface area contributed by atoms with Gasteiger partial charge < -0.3 is 4.90 Å². The lowest BCUT2D eigenvalue weighted by atomic mass is 10.1. The molecule has 24 heavy (non-hydrogen) atoms. The highest BCUT2D eigenvalue weighted by atomic mass is 32.2. The predicted molar refractivity (Wildman–Crippen MR) is 84.5 cm³/mol. The standard InChI is InChI=1S/C15H17FN4O3S/c1-2-19-9-11(7-18-19)14-10-24(22,23)6-5-20(14)15(21)12-3-4-17-8-13(12)16/h3-4,7-9,14H,2,5-6,10H2,1H3/t14-/m1/s1. The molecule has 0 aliphatic carbocycles. The van der Waals surface area contributed by atoms with Crippen LogP contribution in [-0.2, 0) is 16.4 Å². The van der Waals surface area contributed by atoms with Gasteiger partial charge in [0, 0.05) is 31.0 Å². The van der Waals surface area contributed by atoms with Gasteiger partial charge in [-0.25, -0.2) is 12.8 Å². The van der Waals surface area contributed by atoms with Crippen molar-refractivity contribution in [2.75, 3.05) is 18.1 Å². The summed E-state index contributed by atoms with van der Waals surface area (Å²) in [7, 11) is -3.27. The van der Waals surface area contributed by atoms with E-state index < -0.39 is 27.6 Å². The van der Waals surface area contributed by atoms with Gasteiger partial charge in [0.25, 0.3) is 5.91 Å². The van der Waals surface area contributed by atoms with E-state index in [0.29, 0.717) is 12.1 Å². The Morgan fingerprint density at radius 3 is 2.88 bits per heavy atom. The monoisotopic (exact) mass is 352 g/mol. The number of sulfone groups is 1. The smallest absolute Gasteiger partial charge is 0.257 e. The Hall–Kier alpha value is -2.29. The average Bonchev–Trinajstić information content (AvgIpc) is 3.03. The summed E-state index contributed by atoms with van der Waals surface area (Å²) in [5, 5.41) is 4.14. The van der Waals surface area contributed by atoms with Crippen molar-refractivity contribution in [1.82, 2.24) is 19.7 Å². The summed E-state index contributed by atoms with van der Waals surface area (Å²) < 4.78 is 39.6. The van der Waals surface area contributed by atoms with Gasteiger partial charge in [0.05, 0.1) is 35.5 Å². The summed E-state index contributed by atoms with van der Waals surface area (Å²) in [6.07, 6.45) is 5.58. The van der Waals surface area contributed by atoms with E-state index in [1.165, 1.54) is 17.2 Å². The van der Waals surface area contributed by atoms with E-state index in [-0.39, 0.29) is 23.6 Å². The molecular weight excluding hydrogens is 335 g/mol. The first-order valence-corrected chi connectivity index (χ1v) is 9.36. The van der Waals surface area contributed by atoms with Crippen molar-refractivity contribution in [1.29, 1.82) is 0 Å². The number of hydrogen-bond donors (Lipinski definition) is 0. The first-order chi connectivity index (χ1) is 11.4. The van der Waals surface area contributed by atoms with Crippen molar-refractivity contribution in [3.63, 3.8) is 0 Å². The molecule has 1 atom stereocenters. The van der Waals surface area contributed by atoms with E-state index in [0.717, 1.165) is 6.20 Å². The third-order valence-corrected chi connectivity index (χ3v) is 5.69. The van der Waals surface area contributed by atoms with Crippen molar-refractivity contribution in [3.8, 4) is 0 Å². The number of carbonyl (C=O) groups is 1. The second kappa shape index (κ2) is 6.31. The molecule has 1 aliphatic rings. The normalized spacial score (nSPS) is 20.1. The van der Waals surface area contributed by atoms with Crippen LogP contribution in [-0.4, -0.2) is 52.0 Å². The minimum atomic E-state index is -3.27. The zero-order valence-electron chi connectivity index (χ0n) is 13.1. The van der Waals surface area contributed by atoms with Crippen molar-refractivity contribution in [2.45, 2.75) is 19.5 Å². The average molecular weight is 352 g/mol. The maximum absolute atomic E-state index is 13.9. The van der Waals surface area contributed by atoms with Gasteiger partial charge in [0.2, 0.25) is 0 Å². The van der Waals surface area contributed by atoms with E-state index in [9.17, 15) is 17.6 Å². The van der Waals surface area contributed by atoms with Gasteiger partial charge >= 0.3 is 0 Å². The predicted octanol–water partition coefficient (Wildman–Crippen LogP) is 1.05. The quantitative estimate of drug-likeness (QED) is 0.824. The lowest BCUT2D eigenvalue weighted by molar-refractivity contribution is 0.0692. The van der Waals surface area contributed by atoms with Gasteiger partial charge in [-0.1, -0.05) is 0 Å². The lowest BCUT2D eigenvalue weighted by Crippen LogP contribution is -2.46. The Bertz CT molecular complexity index is 865. The minimum absolute atomic E-state index is 0.0188. The van der Waals surface area contributed by atoms with E-state index >= 15 is 0 Å². The fourth-order valence-corrected chi connectivity index (χ4v) is 4.25. The molecule has 1 fully saturated rings. The highest BCUT2D eigenvalue weighted by Crippen LogP contribution is 2.28. The molecule has 0 N–H and O–H groups in total. The Morgan fingerprint density at radius 1 is 1.42 bits per heavy atom. The molecule has 2 aromatic heterocycles. The highest BCUT2D eigenvalue weighted by Gasteiger charge is 2.36. The Labute approximate surface area is 139 Å². The Balaban J connectivity index is 1.97. The van der Waals surface area contributed by atoms with Crippen molar-refractivity contribution in [3.05, 3.63) is 47.8 Å². The van der Waals surface area contributed by atoms with Crippen LogP contribution in [0.4, 0.5) is 4.39 Å². The molecule has 0 radical (unpaired) electrons. The zero-order valence-corrected chi connectivity index (χ0v) is 13.9. The van der Waals surface area contributed by atoms with E-state index in [4.69, 9.17) is 0 Å². The Morgan fingerprint density at radius 2 is 2.21 bits per heavy atom. The summed E-state index contributed by atoms with van der Waals surface area (Å²) in [5.41, 5.74) is 0.514. The number of nitrogens with zero attached hydrogens (tertiary/aromatic N) is 4. The molecule has 0 bridgehead atoms. The Kier molecular flexibility index (Phi) is 4.35. The van der Waals surface area contributed by atoms with Gasteiger partial charge in [-0.05, 0) is 13.0 Å². The van der Waals surface area contributed by atoms with Crippen LogP contribution >= 0.6 is 0 Å². The van der Waals surface area contributed by atoms with Crippen LogP contribution in [0.3, 0.4) is 0 Å². The number of hydrogen-bond acceptors (Lipinski definition) is 5. The molecule has 0 unspecified atom stereocenters. The minimum Gasteiger partial charge on any atom is -0.329 e. The summed E-state index contributed by atoms with van der Waals surface area (Å²) in [6, 6.07) is 0.622. The summed E-state index contributed by atoms with van der Waals surface area (Å²) in [5.74, 6) is -1.59. The molecule has 0 aromatic carbocycles. The molecule has 9 heteroatoms. The lowest BCUT2D eigenvalue weighted by Gasteiger charge is -2.35. The first kappa shape index (κ1) is 16.6. The maximum atomic E-state index is 13.9. The number of rotatable bonds is 3. The third-order valence-electron chi connectivity index (χ3n) is 4.06. The van der Waals surface area contributed by atoms with Crippen LogP contribution in [0.5, 0.6) is 0 Å². The van der Waals surface area contributed by atoms with Gasteiger partial charge in [-0.2, -0.15) is 5.10 Å². The van der Waals surface area contributed by atoms with Gasteiger partial charge in [-0.15, -0.1) is 0 Å². The number of pyridine rings is 1. The molecule has 0 spiro atoms. The summed E-state index contributed by atoms with van der Waals surface area (Å²) in [4.78, 5) is 17.8. The zero-order chi connectivity index (χ0) is 17.3. The van der Waals surface area contributed by atoms with Gasteiger partial charge in [0.15, 0.2) is 15.7 Å². The van der Waals surface area contributed by atoms with Crippen LogP contribution < -0.4 is 0 Å². The van der Waals surface area contributed by atoms with E-state index in [1.54, 1.807) is 17.1 Å². The maximum Gasteiger partial charge on any atom is 0.257 e. The van der Waals surface area contributed by atoms with Crippen LogP contribution in [0.25, 0.3) is 0 Å². The number of carbonyl (C=O) groups excluding carboxylic acids is 1. The molecule has 1 saturated heterocycles. The molecule has 1 amide bonds. The molecule has 0 saturated carbocycles. The highest BCUT2D eigenvalue weighted by molar-refractivity contribution is 7.91. The second-order valence-corrected chi connectivity index (χ2v) is 7.84. The first-order valence-electron chi connectivity index (χ1n) is 7.54. The topological polar surface area (TPSA) is 85.2 Å². The van der Waals surface area contributed by atoms with Gasteiger partial charge in [-0.3, -0.25) is 14.5 Å². The molecular formula is C15H17FN4O3S. The molecule has 128 valence electrons. The van der Waals surface area contributed by atoms with E-state index in [2.05, 4.69) is 10.1 Å². The summed E-state index contributed by atoms with van der Waals surface area (Å²) >= 11 is 0. The van der Waals surface area contributed by atoms with Crippen LogP contribution in [0.15, 0.2) is 30.9 Å². The SMILES string of the molecule is CCn1cc([C@H]2CS(=O)(=O)CCN2C(=O)c2ccncc2F)cn1. The van der Waals surface area contributed by atoms with Gasteiger partial charge in [0.1, 0.15) is 0 Å². The largest absolute Gasteiger partial charge is 0.329 e. The fraction of sp³-hybridized carbons (Fsp3) is 0.400. The van der Waals surface area contributed by atoms with Crippen LogP contribution in [0, 0.1) is 5.82 Å². The summed E-state index contributed by atoms with van der Waals surface area (Å²) in [6.45, 7) is 2.56. The second-order valence-electron chi connectivity index (χ2n) is 5.61. The number of amides is 1. The molecule has 1 aliphatic heterocycles. The number of aryl methyl sites for hydroxylation is 1. The molecule has 3 rings (SSSR count). The fourth-order valence-electron chi connectivity index (χ4n) is 2.75. The number of aromatic nitrogens is 3. The van der Waals surface area contributed by atoms with E-state index in [1.807, 2.05) is 6.92 Å². The third kappa shape index (κ3) is 3.16. The van der Waals surface area contributed by atoms with Crippen molar-refractivity contribution < 1.29 is 17.6 Å². The molecule has 2 aromatic rings. The van der Waals surface area contributed by atoms with Crippen LogP contribution in [0.1, 0.15) is 28.9 Å².